The van der Waals surface area contributed by atoms with Gasteiger partial charge in [-0.3, -0.25) is 0 Å². The van der Waals surface area contributed by atoms with Crippen molar-refractivity contribution in [3.05, 3.63) is 0 Å². The summed E-state index contributed by atoms with van der Waals surface area (Å²) in [5.41, 5.74) is 0. The van der Waals surface area contributed by atoms with Crippen molar-refractivity contribution < 1.29 is 0 Å². The van der Waals surface area contributed by atoms with Gasteiger partial charge in [-0.25, -0.2) is 0 Å². The van der Waals surface area contributed by atoms with E-state index in [1.54, 1.807) is 0 Å². The Morgan fingerprint density at radius 2 is 0.647 bits per heavy atom. The third kappa shape index (κ3) is 14.9. The molecule has 0 saturated carbocycles. The maximum absolute atomic E-state index is 6.15. The summed E-state index contributed by atoms with van der Waals surface area (Å²) in [6.07, 6.45) is 0. The van der Waals surface area contributed by atoms with Crippen LogP contribution in [-0.4, -0.2) is 54.3 Å². The largest absolute Gasteiger partial charge is 0 e. The molecule has 0 aliphatic heterocycles. The van der Waals surface area contributed by atoms with Gasteiger partial charge in [0.15, 0.2) is 0 Å². The van der Waals surface area contributed by atoms with Gasteiger partial charge >= 0.3 is 126 Å². The Labute approximate surface area is 141 Å². The van der Waals surface area contributed by atoms with Crippen LogP contribution in [0.5, 0.6) is 0 Å². The molecule has 5 heteroatoms. The third-order valence-electron chi connectivity index (χ3n) is 2.21. The normalized spacial score (nSPS) is 11.3. The van der Waals surface area contributed by atoms with Crippen LogP contribution in [0.1, 0.15) is 55.4 Å². The Balaban J connectivity index is -0.000000218. The van der Waals surface area contributed by atoms with Crippen molar-refractivity contribution >= 4 is 72.2 Å². The van der Waals surface area contributed by atoms with E-state index in [1.165, 1.54) is 0 Å². The maximum atomic E-state index is 6.15. The van der Waals surface area contributed by atoms with Gasteiger partial charge in [-0.15, -0.1) is 0 Å². The summed E-state index contributed by atoms with van der Waals surface area (Å²) in [5, 5.41) is 0. The summed E-state index contributed by atoms with van der Waals surface area (Å²) in [6, 6.07) is 0. The molecule has 0 aromatic heterocycles. The fraction of sp³-hybridized carbons (Fsp3) is 1.00. The second kappa shape index (κ2) is 13.7. The van der Waals surface area contributed by atoms with Crippen molar-refractivity contribution in [1.82, 2.24) is 0 Å². The van der Waals surface area contributed by atoms with Crippen LogP contribution >= 0.6 is 17.8 Å². The molecule has 0 bridgehead atoms. The smallest absolute Gasteiger partial charge is 0 e. The van der Waals surface area contributed by atoms with E-state index in [-0.39, 0.29) is 17.1 Å². The number of hydrogen-bond acceptors (Lipinski definition) is 0. The molecule has 0 rings (SSSR count). The van der Waals surface area contributed by atoms with E-state index < -0.39 is 37.3 Å². The maximum Gasteiger partial charge on any atom is 0 e. The van der Waals surface area contributed by atoms with E-state index in [2.05, 4.69) is 55.4 Å². The van der Waals surface area contributed by atoms with Crippen LogP contribution < -0.4 is 0 Å². The Bertz CT molecular complexity index is 131. The van der Waals surface area contributed by atoms with E-state index in [0.29, 0.717) is 0 Å². The first-order chi connectivity index (χ1) is 7.11. The Morgan fingerprint density at radius 3 is 0.647 bits per heavy atom. The molecule has 0 atom stereocenters. The quantitative estimate of drug-likeness (QED) is 0.388. The van der Waals surface area contributed by atoms with Crippen molar-refractivity contribution in [2.75, 3.05) is 0 Å². The molecule has 0 aromatic carbocycles. The predicted molar refractivity (Wildman–Crippen MR) is 89.4 cm³/mol. The monoisotopic (exact) mass is 562 g/mol. The molecule has 0 amide bonds. The van der Waals surface area contributed by atoms with Gasteiger partial charge in [0.2, 0.25) is 0 Å². The zero-order valence-corrected chi connectivity index (χ0v) is 21.4. The van der Waals surface area contributed by atoms with Gasteiger partial charge < -0.3 is 0 Å². The molecule has 0 fully saturated rings. The minimum Gasteiger partial charge on any atom is 0 e. The zero-order chi connectivity index (χ0) is 13.5. The SMILES string of the molecule is C[CH](C)[Sn]([Cl])[CH](C)C.C[CH](C)[Sn]([Cl])[CH](C)C.[Se]. The van der Waals surface area contributed by atoms with Crippen molar-refractivity contribution in [1.29, 1.82) is 0 Å². The minimum atomic E-state index is -1.38. The standard InChI is InChI=1S/4C3H7.2ClH.Se.2Sn/c4*1-3-2;;;;;/h4*3H,1-2H3;2*1H;;;/q;;;;;;;2*+1/p-2. The van der Waals surface area contributed by atoms with E-state index in [0.717, 1.165) is 15.7 Å². The average molecular weight is 560 g/mol. The Kier molecular flexibility index (Phi) is 19.9. The van der Waals surface area contributed by atoms with Crippen molar-refractivity contribution in [3.8, 4) is 0 Å². The van der Waals surface area contributed by atoms with Gasteiger partial charge in [0.25, 0.3) is 0 Å². The van der Waals surface area contributed by atoms with Crippen molar-refractivity contribution in [3.63, 3.8) is 0 Å². The third-order valence-corrected chi connectivity index (χ3v) is 26.5. The van der Waals surface area contributed by atoms with E-state index in [4.69, 9.17) is 17.8 Å². The Hall–Kier alpha value is 2.70. The van der Waals surface area contributed by atoms with Gasteiger partial charge in [0, 0.05) is 17.1 Å². The summed E-state index contributed by atoms with van der Waals surface area (Å²) in [6.45, 7) is 17.9. The average Bonchev–Trinajstić information content (AvgIpc) is 2.15. The molecule has 4 radical (unpaired) electrons. The van der Waals surface area contributed by atoms with Crippen LogP contribution in [0.4, 0.5) is 0 Å². The first-order valence-corrected chi connectivity index (χ1v) is 20.0. The van der Waals surface area contributed by atoms with E-state index in [9.17, 15) is 0 Å². The minimum absolute atomic E-state index is 0. The summed E-state index contributed by atoms with van der Waals surface area (Å²) < 4.78 is 3.22. The van der Waals surface area contributed by atoms with Crippen molar-refractivity contribution in [2.24, 2.45) is 0 Å². The van der Waals surface area contributed by atoms with Gasteiger partial charge in [0.1, 0.15) is 0 Å². The number of halogens is 2. The van der Waals surface area contributed by atoms with E-state index in [1.807, 2.05) is 0 Å². The van der Waals surface area contributed by atoms with Gasteiger partial charge in [-0.2, -0.15) is 0 Å². The second-order valence-electron chi connectivity index (χ2n) is 5.39. The zero-order valence-electron chi connectivity index (χ0n) is 12.5. The molecule has 0 unspecified atom stereocenters. The van der Waals surface area contributed by atoms with Crippen LogP contribution in [0.25, 0.3) is 0 Å². The summed E-state index contributed by atoms with van der Waals surface area (Å²) in [7, 11) is 12.3. The van der Waals surface area contributed by atoms with Gasteiger partial charge in [-0.1, -0.05) is 0 Å². The van der Waals surface area contributed by atoms with Gasteiger partial charge in [-0.05, 0) is 0 Å². The van der Waals surface area contributed by atoms with Crippen molar-refractivity contribution in [2.45, 2.75) is 71.1 Å². The van der Waals surface area contributed by atoms with E-state index >= 15 is 0 Å². The molecule has 0 saturated heterocycles. The Morgan fingerprint density at radius 1 is 0.529 bits per heavy atom. The topological polar surface area (TPSA) is 0 Å². The predicted octanol–water partition coefficient (Wildman–Crippen LogP) is 5.69. The molecular formula is C12H28Cl2SeSn2. The summed E-state index contributed by atoms with van der Waals surface area (Å²) in [5.74, 6) is 0. The summed E-state index contributed by atoms with van der Waals surface area (Å²) >= 11 is -2.77. The molecule has 104 valence electrons. The molecule has 0 spiro atoms. The van der Waals surface area contributed by atoms with Crippen LogP contribution in [0.3, 0.4) is 0 Å². The number of rotatable bonds is 4. The fourth-order valence-electron chi connectivity index (χ4n) is 1.33. The first-order valence-electron chi connectivity index (χ1n) is 6.15. The molecule has 0 heterocycles. The van der Waals surface area contributed by atoms with Crippen LogP contribution in [0, 0.1) is 0 Å². The molecular weight excluding hydrogens is 531 g/mol. The molecule has 0 aromatic rings. The van der Waals surface area contributed by atoms with Crippen LogP contribution in [-0.2, 0) is 0 Å². The molecule has 0 aliphatic carbocycles. The van der Waals surface area contributed by atoms with Crippen LogP contribution in [0.2, 0.25) is 15.7 Å². The molecule has 0 nitrogen and oxygen atoms in total. The molecule has 17 heavy (non-hydrogen) atoms. The fourth-order valence-corrected chi connectivity index (χ4v) is 8.94. The molecule has 0 N–H and O–H groups in total. The molecule has 0 aliphatic rings. The summed E-state index contributed by atoms with van der Waals surface area (Å²) in [4.78, 5) is 0. The van der Waals surface area contributed by atoms with Crippen LogP contribution in [0.15, 0.2) is 0 Å². The second-order valence-corrected chi connectivity index (χ2v) is 28.8. The van der Waals surface area contributed by atoms with Gasteiger partial charge in [0.05, 0.1) is 0 Å². The number of hydrogen-bond donors (Lipinski definition) is 0. The first kappa shape index (κ1) is 24.7.